The second-order valence-corrected chi connectivity index (χ2v) is 14.3. The zero-order chi connectivity index (χ0) is 39.4. The van der Waals surface area contributed by atoms with Gasteiger partial charge in [-0.3, -0.25) is 0 Å². The van der Waals surface area contributed by atoms with E-state index in [0.717, 1.165) is 94.9 Å². The Morgan fingerprint density at radius 2 is 0.862 bits per heavy atom. The van der Waals surface area contributed by atoms with Gasteiger partial charge in [-0.1, -0.05) is 122 Å². The normalized spacial score (nSPS) is 11.8. The van der Waals surface area contributed by atoms with Gasteiger partial charge in [0.2, 0.25) is 0 Å². The number of rotatable bonds is 10. The van der Waals surface area contributed by atoms with Gasteiger partial charge >= 0.3 is 5.97 Å². The number of esters is 1. The van der Waals surface area contributed by atoms with Crippen LogP contribution >= 0.6 is 0 Å². The van der Waals surface area contributed by atoms with Crippen LogP contribution < -0.4 is 0 Å². The van der Waals surface area contributed by atoms with Gasteiger partial charge in [0, 0.05) is 49.9 Å². The molecule has 0 saturated carbocycles. The summed E-state index contributed by atoms with van der Waals surface area (Å²) in [6, 6.07) is 48.2. The minimum Gasteiger partial charge on any atom is -0.460 e. The molecule has 0 amide bonds. The van der Waals surface area contributed by atoms with E-state index in [1.807, 2.05) is 18.2 Å². The largest absolute Gasteiger partial charge is 0.460 e. The Kier molecular flexibility index (Phi) is 10.0. The fourth-order valence-electron chi connectivity index (χ4n) is 7.51. The molecule has 282 valence electrons. The average Bonchev–Trinajstić information content (AvgIpc) is 4.11. The van der Waals surface area contributed by atoms with Crippen molar-refractivity contribution in [3.05, 3.63) is 180 Å². The predicted molar refractivity (Wildman–Crippen MR) is 236 cm³/mol. The lowest BCUT2D eigenvalue weighted by atomic mass is 10.0. The molecule has 9 rings (SSSR count). The van der Waals surface area contributed by atoms with Crippen molar-refractivity contribution in [2.75, 3.05) is 13.2 Å². The summed E-state index contributed by atoms with van der Waals surface area (Å²) >= 11 is 0. The number of carbonyl (C=O) groups excluding carboxylic acids is 1. The van der Waals surface area contributed by atoms with Crippen molar-refractivity contribution in [2.24, 2.45) is 0 Å². The van der Waals surface area contributed by atoms with E-state index in [0.29, 0.717) is 12.2 Å². The number of fused-ring (bicyclic) bond motifs is 8. The molecule has 2 N–H and O–H groups in total. The average molecular weight is 757 g/mol. The van der Waals surface area contributed by atoms with Crippen molar-refractivity contribution >= 4 is 52.3 Å². The van der Waals surface area contributed by atoms with Crippen LogP contribution in [0.5, 0.6) is 0 Å². The van der Waals surface area contributed by atoms with Crippen molar-refractivity contribution in [1.29, 1.82) is 0 Å². The van der Waals surface area contributed by atoms with Crippen LogP contribution in [0.2, 0.25) is 0 Å². The maximum atomic E-state index is 11.7. The SMILES string of the molecule is C=C(C)C(=O)OCCOCc1ccc(-c2c3nc(c(-c4ccccc4)c4ccc([nH]4)c(-c4ccccc4)c4nc(c(-c5ccccc5)c5ccc2[nH]5)C=C4)C=C3)cc1. The van der Waals surface area contributed by atoms with Crippen LogP contribution in [0, 0.1) is 0 Å². The number of carbonyl (C=O) groups is 1. The smallest absolute Gasteiger partial charge is 0.333 e. The standard InChI is InChI=1S/C51H40N4O3/c1-33(2)51(56)58-31-30-57-32-34-18-20-38(21-19-34)50-45-28-26-43(54-45)48(36-14-8-4-9-15-36)41-24-22-39(52-41)47(35-12-6-3-7-13-35)40-23-25-42(53-40)49(37-16-10-5-11-17-37)44-27-29-46(50)55-44/h3-29,52,55H,1,30-32H2,2H3. The highest BCUT2D eigenvalue weighted by Crippen LogP contribution is 2.38. The predicted octanol–water partition coefficient (Wildman–Crippen LogP) is 12.0. The molecule has 58 heavy (non-hydrogen) atoms. The quantitative estimate of drug-likeness (QED) is 0.0823. The van der Waals surface area contributed by atoms with E-state index in [1.54, 1.807) is 6.92 Å². The number of ether oxygens (including phenoxy) is 2. The molecular formula is C51H40N4O3. The molecule has 7 aromatic rings. The first kappa shape index (κ1) is 36.3. The summed E-state index contributed by atoms with van der Waals surface area (Å²) in [7, 11) is 0. The summed E-state index contributed by atoms with van der Waals surface area (Å²) in [5.74, 6) is -0.415. The number of nitrogens with one attached hydrogen (secondary N) is 2. The second kappa shape index (κ2) is 16.0. The number of nitrogens with zero attached hydrogens (tertiary/aromatic N) is 2. The van der Waals surface area contributed by atoms with Gasteiger partial charge in [0.25, 0.3) is 0 Å². The minimum absolute atomic E-state index is 0.170. The molecule has 0 unspecified atom stereocenters. The molecule has 4 aromatic carbocycles. The molecule has 0 atom stereocenters. The van der Waals surface area contributed by atoms with Crippen LogP contribution in [0.1, 0.15) is 35.3 Å². The molecule has 0 fully saturated rings. The summed E-state index contributed by atoms with van der Waals surface area (Å²) in [6.07, 6.45) is 8.45. The summed E-state index contributed by atoms with van der Waals surface area (Å²) in [5.41, 5.74) is 16.8. The van der Waals surface area contributed by atoms with E-state index >= 15 is 0 Å². The maximum absolute atomic E-state index is 11.7. The van der Waals surface area contributed by atoms with Gasteiger partial charge < -0.3 is 19.4 Å². The van der Waals surface area contributed by atoms with Crippen molar-refractivity contribution < 1.29 is 14.3 Å². The van der Waals surface area contributed by atoms with Crippen molar-refractivity contribution in [3.63, 3.8) is 0 Å². The van der Waals surface area contributed by atoms with E-state index in [9.17, 15) is 4.79 Å². The highest BCUT2D eigenvalue weighted by atomic mass is 16.6. The Morgan fingerprint density at radius 3 is 1.22 bits per heavy atom. The van der Waals surface area contributed by atoms with Crippen LogP contribution in [-0.4, -0.2) is 39.1 Å². The molecule has 2 aliphatic rings. The molecule has 0 spiro atoms. The highest BCUT2D eigenvalue weighted by molar-refractivity contribution is 5.99. The van der Waals surface area contributed by atoms with E-state index in [1.165, 1.54) is 0 Å². The zero-order valence-electron chi connectivity index (χ0n) is 32.0. The Bertz CT molecular complexity index is 2850. The molecule has 7 nitrogen and oxygen atoms in total. The van der Waals surface area contributed by atoms with Crippen LogP contribution in [0.4, 0.5) is 0 Å². The summed E-state index contributed by atoms with van der Waals surface area (Å²) < 4.78 is 11.0. The monoisotopic (exact) mass is 756 g/mol. The van der Waals surface area contributed by atoms with Gasteiger partial charge in [0.05, 0.1) is 36.0 Å². The third-order valence-corrected chi connectivity index (χ3v) is 10.3. The molecule has 0 radical (unpaired) electrons. The lowest BCUT2D eigenvalue weighted by molar-refractivity contribution is -0.140. The lowest BCUT2D eigenvalue weighted by Crippen LogP contribution is -2.10. The lowest BCUT2D eigenvalue weighted by Gasteiger charge is -2.08. The number of benzene rings is 4. The first-order chi connectivity index (χ1) is 28.5. The fourth-order valence-corrected chi connectivity index (χ4v) is 7.51. The Balaban J connectivity index is 1.27. The van der Waals surface area contributed by atoms with E-state index in [4.69, 9.17) is 19.4 Å². The molecular weight excluding hydrogens is 717 g/mol. The second-order valence-electron chi connectivity index (χ2n) is 14.3. The number of aromatic amines is 2. The van der Waals surface area contributed by atoms with Gasteiger partial charge in [0.15, 0.2) is 0 Å². The Morgan fingerprint density at radius 1 is 0.500 bits per heavy atom. The number of hydrogen-bond acceptors (Lipinski definition) is 5. The molecule has 2 aliphatic heterocycles. The number of H-pyrrole nitrogens is 2. The van der Waals surface area contributed by atoms with Gasteiger partial charge in [-0.2, -0.15) is 0 Å². The molecule has 7 heteroatoms. The summed E-state index contributed by atoms with van der Waals surface area (Å²) in [5, 5.41) is 0. The maximum Gasteiger partial charge on any atom is 0.333 e. The number of hydrogen-bond donors (Lipinski definition) is 2. The first-order valence-electron chi connectivity index (χ1n) is 19.3. The van der Waals surface area contributed by atoms with Gasteiger partial charge in [0.1, 0.15) is 6.61 Å². The van der Waals surface area contributed by atoms with E-state index < -0.39 is 5.97 Å². The van der Waals surface area contributed by atoms with Crippen LogP contribution in [0.15, 0.2) is 152 Å². The minimum atomic E-state index is -0.415. The van der Waals surface area contributed by atoms with E-state index in [2.05, 4.69) is 162 Å². The fraction of sp³-hybridized carbons (Fsp3) is 0.0784. The summed E-state index contributed by atoms with van der Waals surface area (Å²) in [4.78, 5) is 30.1. The topological polar surface area (TPSA) is 92.9 Å². The van der Waals surface area contributed by atoms with Crippen LogP contribution in [0.3, 0.4) is 0 Å². The zero-order valence-corrected chi connectivity index (χ0v) is 32.0. The van der Waals surface area contributed by atoms with Crippen molar-refractivity contribution in [2.45, 2.75) is 13.5 Å². The van der Waals surface area contributed by atoms with Crippen molar-refractivity contribution in [1.82, 2.24) is 19.9 Å². The van der Waals surface area contributed by atoms with Gasteiger partial charge in [-0.15, -0.1) is 0 Å². The van der Waals surface area contributed by atoms with Crippen LogP contribution in [-0.2, 0) is 20.9 Å². The number of aromatic nitrogens is 4. The molecule has 0 aliphatic carbocycles. The molecule has 8 bridgehead atoms. The molecule has 0 saturated heterocycles. The Labute approximate surface area is 336 Å². The molecule has 3 aromatic heterocycles. The Hall–Kier alpha value is -7.35. The highest BCUT2D eigenvalue weighted by Gasteiger charge is 2.19. The first-order valence-corrected chi connectivity index (χ1v) is 19.3. The van der Waals surface area contributed by atoms with Crippen molar-refractivity contribution in [3.8, 4) is 44.5 Å². The molecule has 5 heterocycles. The van der Waals surface area contributed by atoms with Gasteiger partial charge in [-0.05, 0) is 83.3 Å². The third kappa shape index (κ3) is 7.34. The van der Waals surface area contributed by atoms with E-state index in [-0.39, 0.29) is 13.2 Å². The third-order valence-electron chi connectivity index (χ3n) is 10.3. The van der Waals surface area contributed by atoms with Crippen LogP contribution in [0.25, 0.3) is 90.9 Å². The summed E-state index contributed by atoms with van der Waals surface area (Å²) in [6.45, 7) is 6.09. The van der Waals surface area contributed by atoms with Gasteiger partial charge in [-0.25, -0.2) is 14.8 Å².